The number of fused-ring (bicyclic) bond motifs is 1. The molecule has 1 aliphatic rings. The fourth-order valence-corrected chi connectivity index (χ4v) is 4.13. The van der Waals surface area contributed by atoms with Crippen molar-refractivity contribution in [1.82, 2.24) is 19.4 Å². The molecule has 0 aromatic carbocycles. The maximum atomic E-state index is 14.8. The molecule has 2 atom stereocenters. The molecule has 180 valence electrons. The Bertz CT molecular complexity index is 1230. The first-order valence-electron chi connectivity index (χ1n) is 11.2. The van der Waals surface area contributed by atoms with Crippen LogP contribution in [0, 0.1) is 5.82 Å². The Labute approximate surface area is 196 Å². The van der Waals surface area contributed by atoms with Crippen molar-refractivity contribution in [2.75, 3.05) is 24.7 Å². The minimum atomic E-state index is -0.811. The first kappa shape index (κ1) is 23.4. The van der Waals surface area contributed by atoms with Crippen LogP contribution in [0.1, 0.15) is 36.0 Å². The Hall–Kier alpha value is -3.73. The molecule has 1 aliphatic carbocycles. The lowest BCUT2D eigenvalue weighted by Crippen LogP contribution is -2.43. The van der Waals surface area contributed by atoms with Crippen molar-refractivity contribution in [3.8, 4) is 0 Å². The maximum Gasteiger partial charge on any atom is 0.252 e. The zero-order valence-corrected chi connectivity index (χ0v) is 19.2. The SMILES string of the molecule is CN(C)C(=O)Cn1ccc2c(Nc3nc(N[C@@H]4CCCC[C@@H]4N)c(F)cc3C(N)=O)ccnc21. The Morgan fingerprint density at radius 1 is 1.24 bits per heavy atom. The predicted octanol–water partition coefficient (Wildman–Crippen LogP) is 2.18. The van der Waals surface area contributed by atoms with Gasteiger partial charge in [0.15, 0.2) is 11.6 Å². The molecular formula is C23H29FN8O2. The number of amides is 2. The second-order valence-corrected chi connectivity index (χ2v) is 8.73. The van der Waals surface area contributed by atoms with Crippen LogP contribution in [0.4, 0.5) is 21.7 Å². The summed E-state index contributed by atoms with van der Waals surface area (Å²) in [6, 6.07) is 4.38. The van der Waals surface area contributed by atoms with Crippen molar-refractivity contribution >= 4 is 40.2 Å². The molecule has 3 aromatic heterocycles. The molecule has 0 unspecified atom stereocenters. The lowest BCUT2D eigenvalue weighted by Gasteiger charge is -2.30. The number of nitrogens with two attached hydrogens (primary N) is 2. The highest BCUT2D eigenvalue weighted by molar-refractivity contribution is 6.00. The number of primary amides is 1. The van der Waals surface area contributed by atoms with E-state index in [2.05, 4.69) is 20.6 Å². The summed E-state index contributed by atoms with van der Waals surface area (Å²) in [5.74, 6) is -1.44. The Morgan fingerprint density at radius 2 is 2.00 bits per heavy atom. The van der Waals surface area contributed by atoms with Crippen molar-refractivity contribution < 1.29 is 14.0 Å². The summed E-state index contributed by atoms with van der Waals surface area (Å²) in [7, 11) is 3.37. The topological polar surface area (TPSA) is 144 Å². The molecule has 0 spiro atoms. The van der Waals surface area contributed by atoms with Crippen molar-refractivity contribution in [3.63, 3.8) is 0 Å². The van der Waals surface area contributed by atoms with Crippen LogP contribution in [0.25, 0.3) is 11.0 Å². The van der Waals surface area contributed by atoms with Gasteiger partial charge in [0, 0.05) is 44.0 Å². The summed E-state index contributed by atoms with van der Waals surface area (Å²) >= 11 is 0. The third-order valence-corrected chi connectivity index (χ3v) is 6.10. The number of carbonyl (C=O) groups is 2. The Morgan fingerprint density at radius 3 is 2.71 bits per heavy atom. The fourth-order valence-electron chi connectivity index (χ4n) is 4.13. The summed E-state index contributed by atoms with van der Waals surface area (Å²) in [5, 5.41) is 6.91. The summed E-state index contributed by atoms with van der Waals surface area (Å²) < 4.78 is 16.5. The van der Waals surface area contributed by atoms with E-state index in [0.29, 0.717) is 16.7 Å². The van der Waals surface area contributed by atoms with Crippen LogP contribution in [-0.4, -0.2) is 57.4 Å². The molecule has 11 heteroatoms. The molecule has 3 aromatic rings. The quantitative estimate of drug-likeness (QED) is 0.416. The summed E-state index contributed by atoms with van der Waals surface area (Å²) in [5.41, 5.74) is 12.8. The van der Waals surface area contributed by atoms with Gasteiger partial charge in [0.1, 0.15) is 18.0 Å². The zero-order valence-electron chi connectivity index (χ0n) is 19.2. The van der Waals surface area contributed by atoms with E-state index in [9.17, 15) is 14.0 Å². The van der Waals surface area contributed by atoms with E-state index in [-0.39, 0.29) is 41.7 Å². The smallest absolute Gasteiger partial charge is 0.252 e. The van der Waals surface area contributed by atoms with Crippen molar-refractivity contribution in [3.05, 3.63) is 42.0 Å². The number of nitrogens with zero attached hydrogens (tertiary/aromatic N) is 4. The number of aromatic nitrogens is 3. The first-order valence-corrected chi connectivity index (χ1v) is 11.2. The number of hydrogen-bond acceptors (Lipinski definition) is 7. The highest BCUT2D eigenvalue weighted by atomic mass is 19.1. The van der Waals surface area contributed by atoms with Crippen LogP contribution in [0.3, 0.4) is 0 Å². The predicted molar refractivity (Wildman–Crippen MR) is 128 cm³/mol. The van der Waals surface area contributed by atoms with Gasteiger partial charge < -0.3 is 31.6 Å². The average Bonchev–Trinajstić information content (AvgIpc) is 3.20. The number of halogens is 1. The molecule has 2 amide bonds. The standard InChI is InChI=1S/C23H29FN8O2/c1-31(2)19(33)12-32-10-8-13-17(7-9-27-23(13)32)28-21-14(20(26)34)11-15(24)22(30-21)29-18-6-4-3-5-16(18)25/h7-11,16,18H,3-6,12,25H2,1-2H3,(H2,26,34)(H2,27,28,29,30)/t16-,18+/m0/s1. The van der Waals surface area contributed by atoms with Gasteiger partial charge in [-0.1, -0.05) is 12.8 Å². The molecule has 10 nitrogen and oxygen atoms in total. The minimum absolute atomic E-state index is 0.00861. The number of nitrogens with one attached hydrogen (secondary N) is 2. The number of hydrogen-bond donors (Lipinski definition) is 4. The van der Waals surface area contributed by atoms with Gasteiger partial charge in [-0.2, -0.15) is 0 Å². The van der Waals surface area contributed by atoms with Gasteiger partial charge in [-0.05, 0) is 31.0 Å². The third kappa shape index (κ3) is 4.79. The van der Waals surface area contributed by atoms with Crippen LogP contribution in [0.2, 0.25) is 0 Å². The van der Waals surface area contributed by atoms with Gasteiger partial charge in [-0.15, -0.1) is 0 Å². The number of likely N-dealkylation sites (N-methyl/N-ethyl adjacent to an activating group) is 1. The number of pyridine rings is 2. The lowest BCUT2D eigenvalue weighted by molar-refractivity contribution is -0.129. The van der Waals surface area contributed by atoms with Crippen molar-refractivity contribution in [2.45, 2.75) is 44.3 Å². The highest BCUT2D eigenvalue weighted by Gasteiger charge is 2.25. The van der Waals surface area contributed by atoms with Gasteiger partial charge >= 0.3 is 0 Å². The summed E-state index contributed by atoms with van der Waals surface area (Å²) in [4.78, 5) is 34.4. The fraction of sp³-hybridized carbons (Fsp3) is 0.391. The van der Waals surface area contributed by atoms with E-state index in [1.807, 2.05) is 0 Å². The van der Waals surface area contributed by atoms with Gasteiger partial charge in [0.2, 0.25) is 5.91 Å². The molecular weight excluding hydrogens is 439 g/mol. The van der Waals surface area contributed by atoms with Crippen molar-refractivity contribution in [2.24, 2.45) is 11.5 Å². The second-order valence-electron chi connectivity index (χ2n) is 8.73. The molecule has 34 heavy (non-hydrogen) atoms. The van der Waals surface area contributed by atoms with E-state index >= 15 is 0 Å². The van der Waals surface area contributed by atoms with E-state index in [1.165, 1.54) is 4.90 Å². The normalized spacial score (nSPS) is 18.0. The highest BCUT2D eigenvalue weighted by Crippen LogP contribution is 2.30. The summed E-state index contributed by atoms with van der Waals surface area (Å²) in [6.45, 7) is 0.129. The van der Waals surface area contributed by atoms with Gasteiger partial charge in [-0.25, -0.2) is 14.4 Å². The average molecular weight is 469 g/mol. The minimum Gasteiger partial charge on any atom is -0.365 e. The van der Waals surface area contributed by atoms with Gasteiger partial charge in [0.25, 0.3) is 5.91 Å². The molecule has 6 N–H and O–H groups in total. The van der Waals surface area contributed by atoms with Crippen LogP contribution in [0.15, 0.2) is 30.6 Å². The van der Waals surface area contributed by atoms with E-state index in [0.717, 1.165) is 31.7 Å². The van der Waals surface area contributed by atoms with Crippen LogP contribution >= 0.6 is 0 Å². The molecule has 3 heterocycles. The van der Waals surface area contributed by atoms with E-state index < -0.39 is 11.7 Å². The summed E-state index contributed by atoms with van der Waals surface area (Å²) in [6.07, 6.45) is 7.04. The molecule has 0 radical (unpaired) electrons. The second kappa shape index (κ2) is 9.64. The van der Waals surface area contributed by atoms with E-state index in [1.54, 1.807) is 43.2 Å². The largest absolute Gasteiger partial charge is 0.365 e. The Kier molecular flexibility index (Phi) is 6.64. The zero-order chi connectivity index (χ0) is 24.4. The van der Waals surface area contributed by atoms with Crippen LogP contribution < -0.4 is 22.1 Å². The molecule has 1 fully saturated rings. The monoisotopic (exact) mass is 468 g/mol. The number of carbonyl (C=O) groups excluding carboxylic acids is 2. The van der Waals surface area contributed by atoms with E-state index in [4.69, 9.17) is 11.5 Å². The van der Waals surface area contributed by atoms with Gasteiger partial charge in [0.05, 0.1) is 11.3 Å². The molecule has 0 aliphatic heterocycles. The molecule has 4 rings (SSSR count). The molecule has 0 saturated heterocycles. The molecule has 0 bridgehead atoms. The first-order chi connectivity index (χ1) is 16.2. The van der Waals surface area contributed by atoms with Crippen LogP contribution in [-0.2, 0) is 11.3 Å². The Balaban J connectivity index is 1.68. The number of rotatable bonds is 7. The van der Waals surface area contributed by atoms with Crippen molar-refractivity contribution in [1.29, 1.82) is 0 Å². The third-order valence-electron chi connectivity index (χ3n) is 6.10. The molecule has 1 saturated carbocycles. The maximum absolute atomic E-state index is 14.8. The lowest BCUT2D eigenvalue weighted by atomic mass is 9.91. The number of anilines is 3. The van der Waals surface area contributed by atoms with Crippen LogP contribution in [0.5, 0.6) is 0 Å². The van der Waals surface area contributed by atoms with Gasteiger partial charge in [-0.3, -0.25) is 9.59 Å².